The van der Waals surface area contributed by atoms with E-state index in [1.165, 1.54) is 24.7 Å². The summed E-state index contributed by atoms with van der Waals surface area (Å²) in [5, 5.41) is 78.2. The number of hydrogen-bond donors (Lipinski definition) is 9. The Morgan fingerprint density at radius 2 is 0.938 bits per heavy atom. The Morgan fingerprint density at radius 3 is 1.33 bits per heavy atom. The van der Waals surface area contributed by atoms with Crippen molar-refractivity contribution < 1.29 is 67.2 Å². The molecule has 0 saturated carbocycles. The summed E-state index contributed by atoms with van der Waals surface area (Å²) in [6.07, 6.45) is 20.0. The minimum atomic E-state index is -0.953. The Morgan fingerprint density at radius 1 is 0.539 bits per heavy atom. The monoisotopic (exact) mass is 1850 g/mol. The molecular formula is C84H118B2Cl4N24O14. The fourth-order valence-electron chi connectivity index (χ4n) is 16.3. The average molecular weight is 1850 g/mol. The number of oxime groups is 1. The molecule has 128 heavy (non-hydrogen) atoms. The molecule has 692 valence electrons. The van der Waals surface area contributed by atoms with E-state index in [-0.39, 0.29) is 47.7 Å². The zero-order chi connectivity index (χ0) is 92.8. The number of fused-ring (bicyclic) bond motifs is 2. The molecule has 44 heteroatoms. The summed E-state index contributed by atoms with van der Waals surface area (Å²) in [7, 11) is 0.569. The maximum atomic E-state index is 14.1. The van der Waals surface area contributed by atoms with Crippen LogP contribution < -0.4 is 27.0 Å². The number of nitrogens with two attached hydrogens (primary N) is 1. The normalized spacial score (nSPS) is 21.4. The van der Waals surface area contributed by atoms with Crippen LogP contribution in [0.2, 0.25) is 33.7 Å². The van der Waals surface area contributed by atoms with Gasteiger partial charge < -0.3 is 89.6 Å². The van der Waals surface area contributed by atoms with Gasteiger partial charge in [0.25, 0.3) is 11.8 Å². The zero-order valence-electron chi connectivity index (χ0n) is 75.0. The zero-order valence-corrected chi connectivity index (χ0v) is 78.0. The van der Waals surface area contributed by atoms with Crippen LogP contribution in [0.25, 0.3) is 0 Å². The third-order valence-electron chi connectivity index (χ3n) is 22.5. The first kappa shape index (κ1) is 99.8. The Balaban J connectivity index is 0.000000165. The van der Waals surface area contributed by atoms with Gasteiger partial charge in [0.15, 0.2) is 23.3 Å². The Labute approximate surface area is 765 Å². The Hall–Kier alpha value is -10.3. The molecule has 0 aliphatic carbocycles. The number of carboxylic acid groups (broad SMARTS) is 1. The van der Waals surface area contributed by atoms with E-state index >= 15 is 0 Å². The molecule has 4 amide bonds. The van der Waals surface area contributed by atoms with E-state index in [0.29, 0.717) is 111 Å². The van der Waals surface area contributed by atoms with Crippen LogP contribution in [0.1, 0.15) is 258 Å². The Kier molecular flexibility index (Phi) is 36.5. The SMILES string of the molecule is CB(O)N1CCCCC1C(=O)N/C(C)=N/O.CB(O)N1CCCCC1c1nc(C)no1.CC(C)(C)OC(=O)N1CCCCC1C(=O)O.CC1=C(C(=O)N2CCCCC2c2nc(C)no2)C(c2ccc(Cl)c(Cl)c2)n2nccc2N1.CC1=C(C(=O)N2CCCCC2c2nc(C)no2)C(c2ccc(Cl)c(Cl)c2)n2nccc2N1.CN=C(C)N.Cc1noc(C2CCCCN2)n1. The van der Waals surface area contributed by atoms with Crippen molar-refractivity contribution >= 4 is 114 Å². The van der Waals surface area contributed by atoms with Crippen LogP contribution in [0, 0.1) is 27.7 Å². The van der Waals surface area contributed by atoms with Crippen molar-refractivity contribution in [1.82, 2.24) is 95.1 Å². The van der Waals surface area contributed by atoms with E-state index in [1.807, 2.05) is 66.6 Å². The number of benzene rings is 2. The molecule has 8 aliphatic rings. The van der Waals surface area contributed by atoms with Gasteiger partial charge in [-0.1, -0.05) is 104 Å². The predicted octanol–water partition coefficient (Wildman–Crippen LogP) is 13.8. The van der Waals surface area contributed by atoms with Gasteiger partial charge in [0.2, 0.25) is 29.5 Å². The minimum absolute atomic E-state index is 0.0833. The first-order valence-corrected chi connectivity index (χ1v) is 44.8. The van der Waals surface area contributed by atoms with Crippen LogP contribution in [0.5, 0.6) is 0 Å². The lowest BCUT2D eigenvalue weighted by atomic mass is 9.79. The van der Waals surface area contributed by atoms with Gasteiger partial charge in [-0.2, -0.15) is 30.1 Å². The number of aliphatic imine (C=N–C) groups is 1. The molecule has 38 nitrogen and oxygen atoms in total. The molecule has 8 unspecified atom stereocenters. The fraction of sp³-hybridized carbons (Fsp3) is 0.560. The second kappa shape index (κ2) is 46.8. The smallest absolute Gasteiger partial charge is 0.411 e. The second-order valence-electron chi connectivity index (χ2n) is 33.4. The number of amides is 4. The molecule has 16 rings (SSSR count). The number of aliphatic carboxylic acids is 1. The highest BCUT2D eigenvalue weighted by molar-refractivity contribution is 6.46. The van der Waals surface area contributed by atoms with Crippen molar-refractivity contribution in [2.45, 2.75) is 259 Å². The van der Waals surface area contributed by atoms with Gasteiger partial charge in [0.1, 0.15) is 53.3 Å². The van der Waals surface area contributed by atoms with E-state index < -0.39 is 49.9 Å². The van der Waals surface area contributed by atoms with E-state index in [9.17, 15) is 34.0 Å². The second-order valence-corrected chi connectivity index (χ2v) is 35.0. The molecular weight excluding hydrogens is 1730 g/mol. The highest BCUT2D eigenvalue weighted by Crippen LogP contribution is 2.44. The first-order valence-electron chi connectivity index (χ1n) is 43.3. The van der Waals surface area contributed by atoms with Crippen LogP contribution in [-0.4, -0.2) is 224 Å². The number of rotatable bonds is 12. The average Bonchev–Trinajstić information content (AvgIpc) is 1.46. The van der Waals surface area contributed by atoms with Crippen molar-refractivity contribution in [1.29, 1.82) is 0 Å². The van der Waals surface area contributed by atoms with Crippen LogP contribution in [-0.2, 0) is 23.9 Å². The van der Waals surface area contributed by atoms with Crippen molar-refractivity contribution in [2.75, 3.05) is 56.9 Å². The Bertz CT molecular complexity index is 4980. The summed E-state index contributed by atoms with van der Waals surface area (Å²) in [5.41, 5.74) is 8.85. The van der Waals surface area contributed by atoms with Gasteiger partial charge in [-0.25, -0.2) is 19.0 Å². The first-order chi connectivity index (χ1) is 61.1. The third kappa shape index (κ3) is 26.5. The van der Waals surface area contributed by atoms with Crippen molar-refractivity contribution in [2.24, 2.45) is 15.9 Å². The number of hydrogen-bond acceptors (Lipinski definition) is 30. The number of carbonyl (C=O) groups is 5. The molecule has 0 radical (unpaired) electrons. The summed E-state index contributed by atoms with van der Waals surface area (Å²) in [6, 6.07) is 12.5. The summed E-state index contributed by atoms with van der Waals surface area (Å²) in [5.74, 6) is 5.86. The number of nitrogens with zero attached hydrogens (tertiary/aromatic N) is 19. The summed E-state index contributed by atoms with van der Waals surface area (Å²) in [6.45, 7) is 27.4. The highest BCUT2D eigenvalue weighted by atomic mass is 35.5. The van der Waals surface area contributed by atoms with Crippen molar-refractivity contribution in [3.63, 3.8) is 0 Å². The number of piperidine rings is 6. The van der Waals surface area contributed by atoms with Gasteiger partial charge >= 0.3 is 26.2 Å². The molecule has 2 aromatic carbocycles. The number of carbonyl (C=O) groups excluding carboxylic acids is 4. The molecule has 8 aliphatic heterocycles. The number of aromatic nitrogens is 12. The maximum Gasteiger partial charge on any atom is 0.411 e. The lowest BCUT2D eigenvalue weighted by Crippen LogP contribution is -2.55. The summed E-state index contributed by atoms with van der Waals surface area (Å²) in [4.78, 5) is 92.3. The largest absolute Gasteiger partial charge is 0.480 e. The number of carboxylic acids is 1. The molecule has 6 fully saturated rings. The van der Waals surface area contributed by atoms with Crippen LogP contribution >= 0.6 is 46.4 Å². The minimum Gasteiger partial charge on any atom is -0.480 e. The van der Waals surface area contributed by atoms with Crippen LogP contribution in [0.3, 0.4) is 0 Å². The topological polar surface area (TPSA) is 482 Å². The van der Waals surface area contributed by atoms with E-state index in [0.717, 1.165) is 155 Å². The van der Waals surface area contributed by atoms with Crippen molar-refractivity contribution in [3.05, 3.63) is 162 Å². The molecule has 0 spiro atoms. The fourth-order valence-corrected chi connectivity index (χ4v) is 17.0. The number of anilines is 2. The van der Waals surface area contributed by atoms with Crippen LogP contribution in [0.4, 0.5) is 16.4 Å². The maximum absolute atomic E-state index is 14.1. The van der Waals surface area contributed by atoms with Gasteiger partial charge in [-0.05, 0) is 241 Å². The predicted molar refractivity (Wildman–Crippen MR) is 483 cm³/mol. The van der Waals surface area contributed by atoms with Crippen molar-refractivity contribution in [3.8, 4) is 0 Å². The summed E-state index contributed by atoms with van der Waals surface area (Å²) >= 11 is 25.0. The molecule has 8 aromatic rings. The molecule has 6 aromatic heterocycles. The number of aryl methyl sites for hydroxylation is 4. The quantitative estimate of drug-likeness (QED) is 0.0180. The van der Waals surface area contributed by atoms with Gasteiger partial charge in [0, 0.05) is 50.2 Å². The van der Waals surface area contributed by atoms with E-state index in [4.69, 9.17) is 85.3 Å². The standard InChI is InChI=1S/2C22H22Cl2N6O2.C11H19NO4.C9H18BN3O3.C9H16BN3O2.C8H13N3O.C3H8N2/c2*1-12-19(22(31)29-10-4-3-5-17(29)21-27-13(2)28-32-21)20(30-18(26-12)8-9-25-30)14-6-7-15(23)16(24)11-14;1-11(2,3)16-10(15)12-7-5-4-6-8(12)9(13)14;1-7(12-16)11-9(14)8-5-3-4-6-13(8)10(2)15;1-7-11-9(15-12-7)8-5-3-4-6-13(8)10(2)14;1-6-10-8(12-11-6)7-4-2-3-5-9-7;1-3(4)5-2/h2*6-9,11,17,20,26H,3-5,10H2,1-2H3;8H,4-7H2,1-3H3,(H,13,14);8,15-16H,3-6H2,1-2H3,(H,11,12,14);8,14H,3-6H2,1-2H3;7,9H,2-5H2,1H3;1-2H3,(H2,4,5). The number of likely N-dealkylation sites (tertiary alicyclic amines) is 3. The molecule has 14 heterocycles. The highest BCUT2D eigenvalue weighted by Gasteiger charge is 2.44. The summed E-state index contributed by atoms with van der Waals surface area (Å²) < 4.78 is 29.9. The number of halogens is 4. The molecule has 6 saturated heterocycles. The molecule has 0 bridgehead atoms. The lowest BCUT2D eigenvalue weighted by molar-refractivity contribution is -0.144. The number of amidine groups is 2. The number of allylic oxidation sites excluding steroid dienone is 2. The number of nitrogens with one attached hydrogen (secondary N) is 4. The van der Waals surface area contributed by atoms with Gasteiger partial charge in [0.05, 0.1) is 67.6 Å². The van der Waals surface area contributed by atoms with E-state index in [2.05, 4.69) is 82.2 Å². The van der Waals surface area contributed by atoms with Gasteiger partial charge in [-0.3, -0.25) is 24.3 Å². The molecule has 10 N–H and O–H groups in total. The van der Waals surface area contributed by atoms with Crippen LogP contribution in [0.15, 0.2) is 112 Å². The third-order valence-corrected chi connectivity index (χ3v) is 24.0. The van der Waals surface area contributed by atoms with Gasteiger partial charge in [-0.15, -0.1) is 0 Å². The number of ether oxygens (including phenoxy) is 1. The van der Waals surface area contributed by atoms with E-state index in [1.54, 1.807) is 113 Å². The molecule has 8 atom stereocenters. The lowest BCUT2D eigenvalue weighted by Gasteiger charge is -2.37.